The second-order valence-electron chi connectivity index (χ2n) is 4.18. The molecule has 3 nitrogen and oxygen atoms in total. The van der Waals surface area contributed by atoms with E-state index in [9.17, 15) is 0 Å². The molecular formula is C10H19N3. The molecule has 0 aromatic rings. The van der Waals surface area contributed by atoms with E-state index in [2.05, 4.69) is 38.2 Å². The minimum atomic E-state index is 0.290. The average molecular weight is 181 g/mol. The molecule has 0 bridgehead atoms. The fourth-order valence-electron chi connectivity index (χ4n) is 1.51. The molecule has 1 unspecified atom stereocenters. The largest absolute Gasteiger partial charge is 0.400 e. The third-order valence-corrected chi connectivity index (χ3v) is 2.39. The number of hydrogen-bond donors (Lipinski definition) is 2. The van der Waals surface area contributed by atoms with Gasteiger partial charge in [-0.15, -0.1) is 0 Å². The van der Waals surface area contributed by atoms with E-state index in [0.717, 1.165) is 11.4 Å². The molecule has 0 spiro atoms. The van der Waals surface area contributed by atoms with Crippen LogP contribution in [0.3, 0.4) is 0 Å². The smallest absolute Gasteiger partial charge is 0.0554 e. The molecule has 0 saturated heterocycles. The van der Waals surface area contributed by atoms with Gasteiger partial charge in [0.25, 0.3) is 0 Å². The Balaban J connectivity index is 2.89. The van der Waals surface area contributed by atoms with E-state index in [1.54, 1.807) is 0 Å². The van der Waals surface area contributed by atoms with Gasteiger partial charge in [0.2, 0.25) is 0 Å². The van der Waals surface area contributed by atoms with Crippen LogP contribution in [0.1, 0.15) is 27.7 Å². The van der Waals surface area contributed by atoms with Gasteiger partial charge in [-0.05, 0) is 11.8 Å². The number of rotatable bonds is 2. The summed E-state index contributed by atoms with van der Waals surface area (Å²) < 4.78 is 0. The molecule has 1 atom stereocenters. The molecule has 0 radical (unpaired) electrons. The Kier molecular flexibility index (Phi) is 2.96. The second-order valence-corrected chi connectivity index (χ2v) is 4.18. The molecule has 1 aliphatic heterocycles. The molecular weight excluding hydrogens is 162 g/mol. The van der Waals surface area contributed by atoms with Gasteiger partial charge in [-0.2, -0.15) is 5.10 Å². The molecule has 0 fully saturated rings. The van der Waals surface area contributed by atoms with Crippen molar-refractivity contribution in [1.82, 2.24) is 5.43 Å². The van der Waals surface area contributed by atoms with E-state index >= 15 is 0 Å². The van der Waals surface area contributed by atoms with Crippen LogP contribution in [-0.4, -0.2) is 6.21 Å². The van der Waals surface area contributed by atoms with E-state index in [4.69, 9.17) is 5.73 Å². The average Bonchev–Trinajstić information content (AvgIpc) is 2.03. The summed E-state index contributed by atoms with van der Waals surface area (Å²) in [4.78, 5) is 0. The Morgan fingerprint density at radius 1 is 1.38 bits per heavy atom. The van der Waals surface area contributed by atoms with Gasteiger partial charge < -0.3 is 5.73 Å². The van der Waals surface area contributed by atoms with Gasteiger partial charge in [0.15, 0.2) is 0 Å². The Labute approximate surface area is 80.1 Å². The molecule has 1 rings (SSSR count). The number of nitrogens with zero attached hydrogens (tertiary/aromatic N) is 1. The lowest BCUT2D eigenvalue weighted by molar-refractivity contribution is 0.514. The summed E-state index contributed by atoms with van der Waals surface area (Å²) in [7, 11) is 0. The van der Waals surface area contributed by atoms with Crippen LogP contribution < -0.4 is 11.2 Å². The summed E-state index contributed by atoms with van der Waals surface area (Å²) in [6.07, 6.45) is 1.89. The fourth-order valence-corrected chi connectivity index (χ4v) is 1.51. The summed E-state index contributed by atoms with van der Waals surface area (Å²) in [5, 5.41) is 4.12. The minimum absolute atomic E-state index is 0.290. The molecule has 0 amide bonds. The quantitative estimate of drug-likeness (QED) is 0.681. The maximum absolute atomic E-state index is 6.05. The molecule has 3 N–H and O–H groups in total. The van der Waals surface area contributed by atoms with Crippen molar-refractivity contribution in [2.24, 2.45) is 28.6 Å². The summed E-state index contributed by atoms with van der Waals surface area (Å²) >= 11 is 0. The van der Waals surface area contributed by atoms with Crippen molar-refractivity contribution in [2.45, 2.75) is 27.7 Å². The first-order valence-electron chi connectivity index (χ1n) is 4.82. The maximum atomic E-state index is 6.05. The van der Waals surface area contributed by atoms with Gasteiger partial charge in [0, 0.05) is 17.8 Å². The Bertz CT molecular complexity index is 239. The van der Waals surface area contributed by atoms with Crippen LogP contribution >= 0.6 is 0 Å². The lowest BCUT2D eigenvalue weighted by Gasteiger charge is -2.26. The Morgan fingerprint density at radius 3 is 2.46 bits per heavy atom. The molecule has 13 heavy (non-hydrogen) atoms. The summed E-state index contributed by atoms with van der Waals surface area (Å²) in [6.45, 7) is 8.56. The van der Waals surface area contributed by atoms with Crippen molar-refractivity contribution in [3.8, 4) is 0 Å². The van der Waals surface area contributed by atoms with Crippen LogP contribution in [0.15, 0.2) is 16.5 Å². The monoisotopic (exact) mass is 181 g/mol. The SMILES string of the molecule is CC(C)C1=C(N)C(C(C)C)C=NN1. The van der Waals surface area contributed by atoms with E-state index in [0.29, 0.717) is 17.8 Å². The number of allylic oxidation sites excluding steroid dienone is 2. The van der Waals surface area contributed by atoms with E-state index in [-0.39, 0.29) is 0 Å². The zero-order valence-electron chi connectivity index (χ0n) is 8.83. The van der Waals surface area contributed by atoms with Gasteiger partial charge in [0.1, 0.15) is 0 Å². The zero-order chi connectivity index (χ0) is 10.0. The molecule has 1 heterocycles. The second kappa shape index (κ2) is 3.81. The van der Waals surface area contributed by atoms with Gasteiger partial charge in [-0.3, -0.25) is 5.43 Å². The van der Waals surface area contributed by atoms with E-state index in [1.165, 1.54) is 0 Å². The highest BCUT2D eigenvalue weighted by molar-refractivity contribution is 5.66. The van der Waals surface area contributed by atoms with Crippen LogP contribution in [0, 0.1) is 17.8 Å². The van der Waals surface area contributed by atoms with Gasteiger partial charge in [-0.1, -0.05) is 27.7 Å². The Morgan fingerprint density at radius 2 is 2.00 bits per heavy atom. The van der Waals surface area contributed by atoms with E-state index < -0.39 is 0 Å². The molecule has 0 saturated carbocycles. The summed E-state index contributed by atoms with van der Waals surface area (Å²) in [5.41, 5.74) is 11.0. The van der Waals surface area contributed by atoms with Crippen LogP contribution in [0.4, 0.5) is 0 Å². The zero-order valence-corrected chi connectivity index (χ0v) is 8.83. The van der Waals surface area contributed by atoms with Crippen molar-refractivity contribution in [3.63, 3.8) is 0 Å². The predicted octanol–water partition coefficient (Wildman–Crippen LogP) is 1.67. The van der Waals surface area contributed by atoms with Crippen LogP contribution in [-0.2, 0) is 0 Å². The van der Waals surface area contributed by atoms with Crippen molar-refractivity contribution < 1.29 is 0 Å². The first-order valence-corrected chi connectivity index (χ1v) is 4.82. The summed E-state index contributed by atoms with van der Waals surface area (Å²) in [5.74, 6) is 1.22. The molecule has 74 valence electrons. The molecule has 0 aliphatic carbocycles. The van der Waals surface area contributed by atoms with Crippen molar-refractivity contribution in [2.75, 3.05) is 0 Å². The summed E-state index contributed by atoms with van der Waals surface area (Å²) in [6, 6.07) is 0. The molecule has 0 aromatic carbocycles. The fraction of sp³-hybridized carbons (Fsp3) is 0.700. The lowest BCUT2D eigenvalue weighted by atomic mass is 9.90. The first kappa shape index (κ1) is 10.1. The highest BCUT2D eigenvalue weighted by Crippen LogP contribution is 2.22. The molecule has 0 aromatic heterocycles. The minimum Gasteiger partial charge on any atom is -0.400 e. The van der Waals surface area contributed by atoms with Gasteiger partial charge in [-0.25, -0.2) is 0 Å². The normalized spacial score (nSPS) is 22.8. The third-order valence-electron chi connectivity index (χ3n) is 2.39. The topological polar surface area (TPSA) is 50.4 Å². The van der Waals surface area contributed by atoms with Crippen molar-refractivity contribution >= 4 is 6.21 Å². The van der Waals surface area contributed by atoms with Gasteiger partial charge in [0.05, 0.1) is 5.70 Å². The highest BCUT2D eigenvalue weighted by atomic mass is 15.3. The highest BCUT2D eigenvalue weighted by Gasteiger charge is 2.22. The Hall–Kier alpha value is -0.990. The molecule has 1 aliphatic rings. The number of hydrogen-bond acceptors (Lipinski definition) is 3. The van der Waals surface area contributed by atoms with Gasteiger partial charge >= 0.3 is 0 Å². The third kappa shape index (κ3) is 2.02. The predicted molar refractivity (Wildman–Crippen MR) is 56.0 cm³/mol. The van der Waals surface area contributed by atoms with Crippen molar-refractivity contribution in [3.05, 3.63) is 11.4 Å². The number of nitrogens with two attached hydrogens (primary N) is 1. The van der Waals surface area contributed by atoms with E-state index in [1.807, 2.05) is 6.21 Å². The number of hydrazone groups is 1. The first-order chi connectivity index (χ1) is 6.04. The van der Waals surface area contributed by atoms with Crippen molar-refractivity contribution in [1.29, 1.82) is 0 Å². The molecule has 3 heteroatoms. The number of nitrogens with one attached hydrogen (secondary N) is 1. The van der Waals surface area contributed by atoms with Crippen LogP contribution in [0.2, 0.25) is 0 Å². The standard InChI is InChI=1S/C10H19N3/c1-6(2)8-5-12-13-10(7(3)4)9(8)11/h5-8,13H,11H2,1-4H3. The van der Waals surface area contributed by atoms with Crippen LogP contribution in [0.5, 0.6) is 0 Å². The van der Waals surface area contributed by atoms with Crippen LogP contribution in [0.25, 0.3) is 0 Å². The maximum Gasteiger partial charge on any atom is 0.0554 e. The lowest BCUT2D eigenvalue weighted by Crippen LogP contribution is -2.31.